The maximum absolute atomic E-state index is 14.0. The van der Waals surface area contributed by atoms with Crippen LogP contribution in [-0.4, -0.2) is 41.3 Å². The highest BCUT2D eigenvalue weighted by Crippen LogP contribution is 2.35. The number of rotatable bonds is 19. The van der Waals surface area contributed by atoms with Crippen molar-refractivity contribution in [2.75, 3.05) is 0 Å². The number of hydrogen-bond donors (Lipinski definition) is 3. The Morgan fingerprint density at radius 2 is 1.56 bits per heavy atom. The monoisotopic (exact) mass is 663 g/mol. The molecule has 2 aliphatic carbocycles. The van der Waals surface area contributed by atoms with Crippen LogP contribution in [0.3, 0.4) is 0 Å². The Morgan fingerprint density at radius 3 is 2.12 bits per heavy atom. The number of ether oxygens (including phenoxy) is 1. The summed E-state index contributed by atoms with van der Waals surface area (Å²) in [6.07, 6.45) is 8.33. The van der Waals surface area contributed by atoms with E-state index in [9.17, 15) is 19.2 Å². The Morgan fingerprint density at radius 1 is 0.917 bits per heavy atom. The maximum Gasteiger partial charge on any atom is 0.408 e. The zero-order valence-corrected chi connectivity index (χ0v) is 30.4. The van der Waals surface area contributed by atoms with Gasteiger partial charge in [-0.2, -0.15) is 0 Å². The molecule has 0 aromatic heterocycles. The van der Waals surface area contributed by atoms with Crippen LogP contribution in [0.2, 0.25) is 0 Å². The van der Waals surface area contributed by atoms with Crippen molar-refractivity contribution in [3.8, 4) is 0 Å². The van der Waals surface area contributed by atoms with E-state index in [-0.39, 0.29) is 48.2 Å². The van der Waals surface area contributed by atoms with Gasteiger partial charge in [0.15, 0.2) is 11.6 Å². The third kappa shape index (κ3) is 13.2. The quantitative estimate of drug-likeness (QED) is 0.129. The van der Waals surface area contributed by atoms with Crippen molar-refractivity contribution in [2.24, 2.45) is 23.7 Å². The fourth-order valence-electron chi connectivity index (χ4n) is 6.64. The van der Waals surface area contributed by atoms with Crippen LogP contribution in [0.1, 0.15) is 130 Å². The molecule has 266 valence electrons. The number of carbonyl (C=O) groups excluding carboxylic acids is 4. The Labute approximate surface area is 289 Å². The Bertz CT molecular complexity index is 1260. The van der Waals surface area contributed by atoms with Gasteiger partial charge in [0.05, 0.1) is 18.1 Å². The van der Waals surface area contributed by atoms with Gasteiger partial charge >= 0.3 is 6.09 Å². The van der Waals surface area contributed by atoms with Crippen molar-refractivity contribution in [1.29, 1.82) is 0 Å². The van der Waals surface area contributed by atoms with E-state index in [0.717, 1.165) is 62.5 Å². The van der Waals surface area contributed by atoms with Crippen molar-refractivity contribution in [3.05, 3.63) is 60.3 Å². The van der Waals surface area contributed by atoms with Gasteiger partial charge in [0.1, 0.15) is 5.60 Å². The van der Waals surface area contributed by atoms with Crippen molar-refractivity contribution in [2.45, 2.75) is 142 Å². The van der Waals surface area contributed by atoms with Crippen LogP contribution < -0.4 is 16.0 Å². The highest BCUT2D eigenvalue weighted by Gasteiger charge is 2.37. The van der Waals surface area contributed by atoms with E-state index in [2.05, 4.69) is 43.0 Å². The predicted octanol–water partition coefficient (Wildman–Crippen LogP) is 8.14. The molecule has 48 heavy (non-hydrogen) atoms. The number of carbonyl (C=O) groups is 4. The summed E-state index contributed by atoms with van der Waals surface area (Å²) in [5, 5.41) is 9.35. The first-order valence-electron chi connectivity index (χ1n) is 18.2. The van der Waals surface area contributed by atoms with E-state index in [0.29, 0.717) is 24.5 Å². The number of alkyl carbamates (subject to hydrolysis) is 1. The van der Waals surface area contributed by atoms with Crippen molar-refractivity contribution in [1.82, 2.24) is 16.0 Å². The molecule has 0 aliphatic heterocycles. The Balaban J connectivity index is 1.74. The number of ketones is 2. The average Bonchev–Trinajstić information content (AvgIpc) is 3.85. The average molecular weight is 664 g/mol. The summed E-state index contributed by atoms with van der Waals surface area (Å²) in [7, 11) is 0. The molecular formula is C40H61N3O5. The van der Waals surface area contributed by atoms with Gasteiger partial charge in [0, 0.05) is 24.5 Å². The second kappa shape index (κ2) is 18.4. The van der Waals surface area contributed by atoms with Crippen LogP contribution in [0.5, 0.6) is 0 Å². The van der Waals surface area contributed by atoms with Gasteiger partial charge < -0.3 is 20.7 Å². The SMILES string of the molecule is C=C(CC(=O)C(CC1CC1)NC(=O)C(CC(=O)C(NC(=O)OC(C)(C)C)C1CCCCC1)CC(C)CC)NC(C(=C)C)c1ccccc1. The minimum atomic E-state index is -0.712. The molecule has 2 aliphatic rings. The predicted molar refractivity (Wildman–Crippen MR) is 192 cm³/mol. The standard InChI is InChI=1S/C40H61N3O5/c1-9-27(4)22-32(25-35(45)37(31-18-14-11-15-19-31)43-39(47)48-40(6,7)8)38(46)42-33(24-29-20-21-29)34(44)23-28(5)41-36(26(2)3)30-16-12-10-13-17-30/h10,12-13,16-17,27,29,31-33,36-37,41H,2,5,9,11,14-15,18-25H2,1,3-4,6-8H3,(H,42,46)(H,43,47). The van der Waals surface area contributed by atoms with Gasteiger partial charge in [-0.1, -0.05) is 101 Å². The van der Waals surface area contributed by atoms with Crippen LogP contribution in [0.25, 0.3) is 0 Å². The summed E-state index contributed by atoms with van der Waals surface area (Å²) in [4.78, 5) is 54.6. The lowest BCUT2D eigenvalue weighted by Crippen LogP contribution is -2.50. The number of allylic oxidation sites excluding steroid dienone is 1. The van der Waals surface area contributed by atoms with E-state index in [1.807, 2.05) is 37.3 Å². The van der Waals surface area contributed by atoms with Crippen LogP contribution >= 0.6 is 0 Å². The highest BCUT2D eigenvalue weighted by atomic mass is 16.6. The zero-order valence-electron chi connectivity index (χ0n) is 30.4. The van der Waals surface area contributed by atoms with Crippen LogP contribution in [-0.2, 0) is 19.1 Å². The molecule has 2 fully saturated rings. The van der Waals surface area contributed by atoms with E-state index in [1.165, 1.54) is 0 Å². The van der Waals surface area contributed by atoms with E-state index >= 15 is 0 Å². The molecule has 1 aromatic rings. The summed E-state index contributed by atoms with van der Waals surface area (Å²) in [6.45, 7) is 19.8. The van der Waals surface area contributed by atoms with E-state index in [4.69, 9.17) is 4.74 Å². The number of hydrogen-bond acceptors (Lipinski definition) is 6. The molecule has 3 N–H and O–H groups in total. The fourth-order valence-corrected chi connectivity index (χ4v) is 6.64. The lowest BCUT2D eigenvalue weighted by molar-refractivity contribution is -0.133. The largest absolute Gasteiger partial charge is 0.444 e. The van der Waals surface area contributed by atoms with Crippen molar-refractivity contribution < 1.29 is 23.9 Å². The van der Waals surface area contributed by atoms with Gasteiger partial charge in [0.25, 0.3) is 0 Å². The lowest BCUT2D eigenvalue weighted by atomic mass is 9.79. The molecule has 0 heterocycles. The summed E-state index contributed by atoms with van der Waals surface area (Å²) < 4.78 is 5.52. The van der Waals surface area contributed by atoms with Gasteiger partial charge in [-0.25, -0.2) is 4.79 Å². The molecular weight excluding hydrogens is 602 g/mol. The summed E-state index contributed by atoms with van der Waals surface area (Å²) >= 11 is 0. The summed E-state index contributed by atoms with van der Waals surface area (Å²) in [5.74, 6) is -0.513. The number of amides is 2. The van der Waals surface area contributed by atoms with Crippen LogP contribution in [0.4, 0.5) is 4.79 Å². The third-order valence-electron chi connectivity index (χ3n) is 9.68. The van der Waals surface area contributed by atoms with Crippen molar-refractivity contribution in [3.63, 3.8) is 0 Å². The Kier molecular flexibility index (Phi) is 14.9. The molecule has 3 rings (SSSR count). The first-order valence-corrected chi connectivity index (χ1v) is 18.2. The molecule has 0 radical (unpaired) electrons. The number of benzene rings is 1. The topological polar surface area (TPSA) is 114 Å². The smallest absolute Gasteiger partial charge is 0.408 e. The lowest BCUT2D eigenvalue weighted by Gasteiger charge is -2.32. The number of Topliss-reactive ketones (excluding diaryl/α,β-unsaturated/α-hetero) is 2. The zero-order chi connectivity index (χ0) is 35.4. The highest BCUT2D eigenvalue weighted by molar-refractivity contribution is 5.94. The second-order valence-electron chi connectivity index (χ2n) is 15.5. The molecule has 2 amide bonds. The molecule has 0 saturated heterocycles. The number of nitrogens with one attached hydrogen (secondary N) is 3. The maximum atomic E-state index is 14.0. The minimum absolute atomic E-state index is 0.00308. The molecule has 5 atom stereocenters. The van der Waals surface area contributed by atoms with Crippen LogP contribution in [0.15, 0.2) is 54.8 Å². The molecule has 5 unspecified atom stereocenters. The molecule has 2 saturated carbocycles. The summed E-state index contributed by atoms with van der Waals surface area (Å²) in [6, 6.07) is 8.36. The minimum Gasteiger partial charge on any atom is -0.444 e. The molecule has 1 aromatic carbocycles. The van der Waals surface area contributed by atoms with Gasteiger partial charge in [-0.05, 0) is 76.7 Å². The molecule has 8 heteroatoms. The molecule has 8 nitrogen and oxygen atoms in total. The first-order chi connectivity index (χ1) is 22.7. The van der Waals surface area contributed by atoms with Crippen molar-refractivity contribution >= 4 is 23.6 Å². The molecule has 0 bridgehead atoms. The molecule has 0 spiro atoms. The van der Waals surface area contributed by atoms with Crippen LogP contribution in [0, 0.1) is 23.7 Å². The van der Waals surface area contributed by atoms with E-state index < -0.39 is 29.7 Å². The fraction of sp³-hybridized carbons (Fsp3) is 0.650. The van der Waals surface area contributed by atoms with Gasteiger partial charge in [0.2, 0.25) is 5.91 Å². The second-order valence-corrected chi connectivity index (χ2v) is 15.5. The van der Waals surface area contributed by atoms with Gasteiger partial charge in [-0.3, -0.25) is 14.4 Å². The van der Waals surface area contributed by atoms with E-state index in [1.54, 1.807) is 20.8 Å². The first kappa shape index (κ1) is 39.0. The van der Waals surface area contributed by atoms with Gasteiger partial charge in [-0.15, -0.1) is 0 Å². The third-order valence-corrected chi connectivity index (χ3v) is 9.68. The normalized spacial score (nSPS) is 18.4. The summed E-state index contributed by atoms with van der Waals surface area (Å²) in [5.41, 5.74) is 1.82. The Hall–Kier alpha value is -3.42.